The van der Waals surface area contributed by atoms with E-state index in [2.05, 4.69) is 10.6 Å². The molecule has 5 rings (SSSR count). The number of aliphatic hydroxyl groups excluding tert-OH is 1. The predicted octanol–water partition coefficient (Wildman–Crippen LogP) is 0.798. The van der Waals surface area contributed by atoms with Crippen molar-refractivity contribution in [2.45, 2.75) is 68.8 Å². The molecule has 2 aromatic rings. The Morgan fingerprint density at radius 1 is 0.789 bits per heavy atom. The molecule has 38 heavy (non-hydrogen) atoms. The van der Waals surface area contributed by atoms with E-state index in [-0.39, 0.29) is 43.0 Å². The van der Waals surface area contributed by atoms with Gasteiger partial charge in [-0.2, -0.15) is 0 Å². The Kier molecular flexibility index (Phi) is 7.74. The minimum atomic E-state index is -0.850. The third kappa shape index (κ3) is 5.72. The summed E-state index contributed by atoms with van der Waals surface area (Å²) < 4.78 is 0. The zero-order valence-electron chi connectivity index (χ0n) is 21.3. The molecule has 0 bridgehead atoms. The Morgan fingerprint density at radius 2 is 1.45 bits per heavy atom. The molecule has 3 heterocycles. The molecule has 5 atom stereocenters. The zero-order chi connectivity index (χ0) is 26.6. The maximum absolute atomic E-state index is 13.8. The normalized spacial score (nSPS) is 28.5. The van der Waals surface area contributed by atoms with Crippen molar-refractivity contribution in [2.24, 2.45) is 0 Å². The van der Waals surface area contributed by atoms with Crippen LogP contribution in [0.25, 0.3) is 0 Å². The van der Waals surface area contributed by atoms with Crippen molar-refractivity contribution in [1.29, 1.82) is 0 Å². The second-order valence-corrected chi connectivity index (χ2v) is 10.5. The number of nitrogens with zero attached hydrogens (tertiary/aromatic N) is 2. The molecule has 3 aliphatic heterocycles. The van der Waals surface area contributed by atoms with Crippen LogP contribution < -0.4 is 10.6 Å². The van der Waals surface area contributed by atoms with Gasteiger partial charge in [0.2, 0.25) is 23.6 Å². The third-order valence-corrected chi connectivity index (χ3v) is 7.70. The lowest BCUT2D eigenvalue weighted by Gasteiger charge is -2.32. The number of benzene rings is 2. The first-order valence-corrected chi connectivity index (χ1v) is 13.4. The summed E-state index contributed by atoms with van der Waals surface area (Å²) in [5, 5.41) is 16.3. The molecule has 3 N–H and O–H groups in total. The van der Waals surface area contributed by atoms with Gasteiger partial charge in [0.25, 0.3) is 0 Å². The first-order valence-electron chi connectivity index (χ1n) is 13.4. The lowest BCUT2D eigenvalue weighted by molar-refractivity contribution is -0.147. The van der Waals surface area contributed by atoms with Crippen molar-refractivity contribution in [3.8, 4) is 0 Å². The minimum Gasteiger partial charge on any atom is -0.391 e. The Morgan fingerprint density at radius 3 is 2.13 bits per heavy atom. The van der Waals surface area contributed by atoms with Crippen LogP contribution in [0, 0.1) is 0 Å². The second kappa shape index (κ2) is 11.3. The number of rotatable bonds is 4. The van der Waals surface area contributed by atoms with Crippen molar-refractivity contribution in [3.05, 3.63) is 71.8 Å². The highest BCUT2D eigenvalue weighted by molar-refractivity contribution is 5.96. The maximum Gasteiger partial charge on any atom is 0.246 e. The number of fused-ring (bicyclic) bond motifs is 2. The fourth-order valence-electron chi connectivity index (χ4n) is 5.88. The largest absolute Gasteiger partial charge is 0.391 e. The summed E-state index contributed by atoms with van der Waals surface area (Å²) in [5.74, 6) is -1.35. The quantitative estimate of drug-likeness (QED) is 0.553. The molecule has 0 aliphatic carbocycles. The smallest absolute Gasteiger partial charge is 0.246 e. The first kappa shape index (κ1) is 25.9. The molecule has 9 heteroatoms. The van der Waals surface area contributed by atoms with Gasteiger partial charge in [-0.3, -0.25) is 19.2 Å². The summed E-state index contributed by atoms with van der Waals surface area (Å²) in [5.41, 5.74) is 1.85. The van der Waals surface area contributed by atoms with Gasteiger partial charge < -0.3 is 25.5 Å². The van der Waals surface area contributed by atoms with Crippen LogP contribution in [-0.2, 0) is 32.0 Å². The number of carbonyl (C=O) groups is 4. The van der Waals surface area contributed by atoms with Crippen LogP contribution in [0.1, 0.15) is 36.8 Å². The third-order valence-electron chi connectivity index (χ3n) is 7.70. The molecular weight excluding hydrogens is 484 g/mol. The molecule has 2 aromatic carbocycles. The van der Waals surface area contributed by atoms with Gasteiger partial charge in [-0.05, 0) is 30.4 Å². The monoisotopic (exact) mass is 518 g/mol. The Balaban J connectivity index is 1.48. The SMILES string of the molecule is O=C1C[C@H](Cc2ccccc2)NC(=O)[C@@H]2CC(O)CN2C(=O)[C@@H]2CCCN2C(=O)[C@H](Cc2ccccc2)N1. The average Bonchev–Trinajstić information content (AvgIpc) is 3.55. The summed E-state index contributed by atoms with van der Waals surface area (Å²) in [4.78, 5) is 57.3. The van der Waals surface area contributed by atoms with E-state index in [9.17, 15) is 24.3 Å². The number of aliphatic hydroxyl groups is 1. The average molecular weight is 519 g/mol. The highest BCUT2D eigenvalue weighted by Crippen LogP contribution is 2.27. The Hall–Kier alpha value is -3.72. The number of hydrogen-bond donors (Lipinski definition) is 3. The second-order valence-electron chi connectivity index (χ2n) is 10.5. The van der Waals surface area contributed by atoms with Gasteiger partial charge in [0.05, 0.1) is 6.10 Å². The summed E-state index contributed by atoms with van der Waals surface area (Å²) >= 11 is 0. The van der Waals surface area contributed by atoms with Crippen LogP contribution in [0.5, 0.6) is 0 Å². The van der Waals surface area contributed by atoms with Crippen LogP contribution >= 0.6 is 0 Å². The van der Waals surface area contributed by atoms with E-state index >= 15 is 0 Å². The van der Waals surface area contributed by atoms with E-state index in [1.165, 1.54) is 4.90 Å². The van der Waals surface area contributed by atoms with Gasteiger partial charge in [-0.1, -0.05) is 60.7 Å². The molecule has 200 valence electrons. The lowest BCUT2D eigenvalue weighted by Crippen LogP contribution is -2.56. The molecule has 0 saturated carbocycles. The Bertz CT molecular complexity index is 1170. The van der Waals surface area contributed by atoms with E-state index < -0.39 is 30.3 Å². The van der Waals surface area contributed by atoms with Crippen LogP contribution in [0.4, 0.5) is 0 Å². The van der Waals surface area contributed by atoms with E-state index in [4.69, 9.17) is 0 Å². The number of nitrogens with one attached hydrogen (secondary N) is 2. The molecule has 0 spiro atoms. The van der Waals surface area contributed by atoms with E-state index in [1.54, 1.807) is 4.90 Å². The fourth-order valence-corrected chi connectivity index (χ4v) is 5.88. The van der Waals surface area contributed by atoms with Crippen molar-refractivity contribution in [3.63, 3.8) is 0 Å². The summed E-state index contributed by atoms with van der Waals surface area (Å²) in [6, 6.07) is 16.0. The summed E-state index contributed by atoms with van der Waals surface area (Å²) in [6.45, 7) is 0.448. The van der Waals surface area contributed by atoms with Crippen LogP contribution in [0.3, 0.4) is 0 Å². The highest BCUT2D eigenvalue weighted by atomic mass is 16.3. The van der Waals surface area contributed by atoms with Crippen LogP contribution in [-0.4, -0.2) is 81.9 Å². The number of hydrogen-bond acceptors (Lipinski definition) is 5. The predicted molar refractivity (Wildman–Crippen MR) is 140 cm³/mol. The standard InChI is InChI=1S/C29H34N4O5/c34-22-17-25-27(36)30-21(14-19-8-3-1-4-9-19)16-26(35)31-23(15-20-10-5-2-6-11-20)28(37)32-13-7-12-24(32)29(38)33(25)18-22/h1-6,8-11,21-25,34H,7,12-18H2,(H,30,36)(H,31,35)/t21-,22?,23-,24-,25-/m0/s1. The molecule has 4 amide bonds. The van der Waals surface area contributed by atoms with Crippen molar-refractivity contribution >= 4 is 23.6 Å². The van der Waals surface area contributed by atoms with Gasteiger partial charge in [0, 0.05) is 38.4 Å². The van der Waals surface area contributed by atoms with Gasteiger partial charge in [0.1, 0.15) is 18.1 Å². The molecule has 0 radical (unpaired) electrons. The van der Waals surface area contributed by atoms with Gasteiger partial charge in [-0.15, -0.1) is 0 Å². The number of amides is 4. The topological polar surface area (TPSA) is 119 Å². The zero-order valence-corrected chi connectivity index (χ0v) is 21.3. The molecule has 1 unspecified atom stereocenters. The van der Waals surface area contributed by atoms with Gasteiger partial charge in [-0.25, -0.2) is 0 Å². The summed E-state index contributed by atoms with van der Waals surface area (Å²) in [7, 11) is 0. The molecule has 3 fully saturated rings. The number of carbonyl (C=O) groups excluding carboxylic acids is 4. The van der Waals surface area contributed by atoms with E-state index in [1.807, 2.05) is 60.7 Å². The van der Waals surface area contributed by atoms with Crippen molar-refractivity contribution in [2.75, 3.05) is 13.1 Å². The highest BCUT2D eigenvalue weighted by Gasteiger charge is 2.46. The first-order chi connectivity index (χ1) is 18.4. The van der Waals surface area contributed by atoms with Crippen molar-refractivity contribution in [1.82, 2.24) is 20.4 Å². The Labute approximate surface area is 222 Å². The van der Waals surface area contributed by atoms with Gasteiger partial charge in [0.15, 0.2) is 0 Å². The van der Waals surface area contributed by atoms with Crippen molar-refractivity contribution < 1.29 is 24.3 Å². The maximum atomic E-state index is 13.8. The molecule has 0 aromatic heterocycles. The molecule has 9 nitrogen and oxygen atoms in total. The fraction of sp³-hybridized carbons (Fsp3) is 0.448. The van der Waals surface area contributed by atoms with Crippen LogP contribution in [0.15, 0.2) is 60.7 Å². The molecule has 3 aliphatic rings. The molecular formula is C29H34N4O5. The summed E-state index contributed by atoms with van der Waals surface area (Å²) in [6.07, 6.45) is 1.12. The minimum absolute atomic E-state index is 0.0220. The lowest BCUT2D eigenvalue weighted by atomic mass is 10.0. The van der Waals surface area contributed by atoms with Gasteiger partial charge >= 0.3 is 0 Å². The van der Waals surface area contributed by atoms with E-state index in [0.717, 1.165) is 11.1 Å². The van der Waals surface area contributed by atoms with E-state index in [0.29, 0.717) is 32.2 Å². The van der Waals surface area contributed by atoms with Crippen LogP contribution in [0.2, 0.25) is 0 Å². The molecule has 3 saturated heterocycles.